The Hall–Kier alpha value is -2.79. The van der Waals surface area contributed by atoms with Crippen molar-refractivity contribution in [3.8, 4) is 11.5 Å². The predicted molar refractivity (Wildman–Crippen MR) is 141 cm³/mol. The fraction of sp³-hybridized carbons (Fsp3) is 0.556. The zero-order valence-corrected chi connectivity index (χ0v) is 23.1. The van der Waals surface area contributed by atoms with Crippen LogP contribution in [0, 0.1) is 29.6 Å². The molecule has 2 amide bonds. The lowest BCUT2D eigenvalue weighted by atomic mass is 9.68. The molecule has 2 aromatic rings. The number of esters is 1. The molecule has 2 aliphatic carbocycles. The van der Waals surface area contributed by atoms with E-state index in [-0.39, 0.29) is 58.8 Å². The van der Waals surface area contributed by atoms with Crippen LogP contribution in [0.15, 0.2) is 28.0 Å². The van der Waals surface area contributed by atoms with Crippen molar-refractivity contribution < 1.29 is 28.6 Å². The molecular formula is C27H30N2O7S2. The van der Waals surface area contributed by atoms with Crippen LogP contribution in [-0.2, 0) is 19.1 Å². The number of rotatable bonds is 8. The first-order valence-corrected chi connectivity index (χ1v) is 14.7. The molecule has 0 radical (unpaired) electrons. The Morgan fingerprint density at radius 3 is 2.53 bits per heavy atom. The van der Waals surface area contributed by atoms with E-state index in [0.717, 1.165) is 39.6 Å². The van der Waals surface area contributed by atoms with E-state index >= 15 is 0 Å². The molecular weight excluding hydrogens is 528 g/mol. The lowest BCUT2D eigenvalue weighted by molar-refractivity contribution is -0.153. The summed E-state index contributed by atoms with van der Waals surface area (Å²) in [4.78, 5) is 56.9. The number of benzene rings is 1. The molecule has 3 heterocycles. The number of nitrogens with one attached hydrogen (secondary N) is 1. The van der Waals surface area contributed by atoms with Crippen molar-refractivity contribution in [1.29, 1.82) is 0 Å². The number of unbranched alkanes of at least 4 members (excludes halogenated alkanes) is 1. The summed E-state index contributed by atoms with van der Waals surface area (Å²) >= 11 is 2.84. The van der Waals surface area contributed by atoms with Gasteiger partial charge in [-0.25, -0.2) is 0 Å². The molecule has 1 aromatic heterocycles. The SMILES string of the molecule is CCCCOC(=O)CN1C(=O)C2C3CC(C2C1=O)C1C(c2ccc(OC)c(OC)c2)c2sc(=O)[nH]c2SC31. The van der Waals surface area contributed by atoms with Crippen LogP contribution >= 0.6 is 23.1 Å². The summed E-state index contributed by atoms with van der Waals surface area (Å²) in [5.74, 6) is -0.795. The van der Waals surface area contributed by atoms with Gasteiger partial charge in [0.2, 0.25) is 11.8 Å². The lowest BCUT2D eigenvalue weighted by Crippen LogP contribution is -2.42. The van der Waals surface area contributed by atoms with Crippen LogP contribution in [0.1, 0.15) is 42.5 Å². The van der Waals surface area contributed by atoms with Gasteiger partial charge in [-0.2, -0.15) is 0 Å². The van der Waals surface area contributed by atoms with Crippen LogP contribution in [0.4, 0.5) is 0 Å². The average molecular weight is 559 g/mol. The fourth-order valence-electron chi connectivity index (χ4n) is 7.16. The number of amides is 2. The second kappa shape index (κ2) is 9.75. The number of imide groups is 1. The summed E-state index contributed by atoms with van der Waals surface area (Å²) in [6, 6.07) is 5.82. The number of carbonyl (C=O) groups excluding carboxylic acids is 3. The highest BCUT2D eigenvalue weighted by Crippen LogP contribution is 2.68. The van der Waals surface area contributed by atoms with E-state index in [1.807, 2.05) is 25.1 Å². The summed E-state index contributed by atoms with van der Waals surface area (Å²) in [6.07, 6.45) is 2.42. The molecule has 2 saturated carbocycles. The molecule has 7 unspecified atom stereocenters. The molecule has 2 aliphatic heterocycles. The van der Waals surface area contributed by atoms with Gasteiger partial charge in [0.1, 0.15) is 6.54 Å². The average Bonchev–Trinajstić information content (AvgIpc) is 3.64. The number of likely N-dealkylation sites (tertiary alicyclic amines) is 1. The number of fused-ring (bicyclic) bond motifs is 9. The van der Waals surface area contributed by atoms with E-state index in [4.69, 9.17) is 14.2 Å². The Morgan fingerprint density at radius 2 is 1.82 bits per heavy atom. The summed E-state index contributed by atoms with van der Waals surface area (Å²) in [5, 5.41) is 0.920. The first-order chi connectivity index (χ1) is 18.4. The largest absolute Gasteiger partial charge is 0.493 e. The molecule has 4 aliphatic rings. The van der Waals surface area contributed by atoms with Gasteiger partial charge in [-0.15, -0.1) is 11.8 Å². The Bertz CT molecular complexity index is 1350. The normalized spacial score (nSPS) is 30.7. The number of ether oxygens (including phenoxy) is 3. The van der Waals surface area contributed by atoms with Crippen molar-refractivity contribution in [3.63, 3.8) is 0 Å². The van der Waals surface area contributed by atoms with Crippen LogP contribution in [0.3, 0.4) is 0 Å². The summed E-state index contributed by atoms with van der Waals surface area (Å²) in [7, 11) is 3.18. The Kier molecular flexibility index (Phi) is 6.54. The fourth-order valence-corrected chi connectivity index (χ4v) is 10.0. The van der Waals surface area contributed by atoms with Crippen molar-refractivity contribution in [1.82, 2.24) is 9.88 Å². The molecule has 6 rings (SSSR count). The maximum absolute atomic E-state index is 13.6. The van der Waals surface area contributed by atoms with Gasteiger partial charge in [0.15, 0.2) is 11.5 Å². The second-order valence-corrected chi connectivity index (χ2v) is 12.6. The second-order valence-electron chi connectivity index (χ2n) is 10.4. The number of nitrogens with zero attached hydrogens (tertiary/aromatic N) is 1. The van der Waals surface area contributed by atoms with E-state index in [1.165, 1.54) is 11.3 Å². The number of aromatic amines is 1. The van der Waals surface area contributed by atoms with Gasteiger partial charge in [-0.05, 0) is 48.3 Å². The Morgan fingerprint density at radius 1 is 1.08 bits per heavy atom. The first-order valence-electron chi connectivity index (χ1n) is 13.0. The number of H-pyrrole nitrogens is 1. The topological polar surface area (TPSA) is 115 Å². The van der Waals surface area contributed by atoms with E-state index in [0.29, 0.717) is 11.5 Å². The van der Waals surface area contributed by atoms with Gasteiger partial charge in [0, 0.05) is 16.0 Å². The van der Waals surface area contributed by atoms with Gasteiger partial charge < -0.3 is 19.2 Å². The first kappa shape index (κ1) is 25.5. The van der Waals surface area contributed by atoms with Crippen molar-refractivity contribution in [2.45, 2.75) is 42.4 Å². The number of hydrogen-bond donors (Lipinski definition) is 1. The van der Waals surface area contributed by atoms with E-state index in [9.17, 15) is 19.2 Å². The van der Waals surface area contributed by atoms with Gasteiger partial charge in [-0.3, -0.25) is 24.1 Å². The van der Waals surface area contributed by atoms with Crippen LogP contribution < -0.4 is 14.3 Å². The van der Waals surface area contributed by atoms with Crippen LogP contribution in [0.5, 0.6) is 11.5 Å². The minimum absolute atomic E-state index is 0.00300. The quantitative estimate of drug-likeness (QED) is 0.298. The molecule has 1 aromatic carbocycles. The highest BCUT2D eigenvalue weighted by atomic mass is 32.2. The van der Waals surface area contributed by atoms with Crippen molar-refractivity contribution in [2.24, 2.45) is 29.6 Å². The lowest BCUT2D eigenvalue weighted by Gasteiger charge is -2.43. The number of aromatic nitrogens is 1. The third-order valence-electron chi connectivity index (χ3n) is 8.63. The minimum atomic E-state index is -0.540. The maximum Gasteiger partial charge on any atom is 0.326 e. The Balaban J connectivity index is 1.34. The smallest absolute Gasteiger partial charge is 0.326 e. The van der Waals surface area contributed by atoms with Crippen LogP contribution in [-0.4, -0.2) is 60.3 Å². The van der Waals surface area contributed by atoms with E-state index in [2.05, 4.69) is 4.98 Å². The molecule has 202 valence electrons. The molecule has 1 N–H and O–H groups in total. The number of methoxy groups -OCH3 is 2. The molecule has 9 nitrogen and oxygen atoms in total. The third-order valence-corrected chi connectivity index (χ3v) is 11.2. The molecule has 7 atom stereocenters. The third kappa shape index (κ3) is 3.80. The number of thioether (sulfide) groups is 1. The molecule has 2 bridgehead atoms. The summed E-state index contributed by atoms with van der Waals surface area (Å²) < 4.78 is 16.3. The van der Waals surface area contributed by atoms with Gasteiger partial charge in [0.25, 0.3) is 0 Å². The van der Waals surface area contributed by atoms with E-state index < -0.39 is 17.8 Å². The number of thiazole rings is 1. The van der Waals surface area contributed by atoms with Crippen molar-refractivity contribution in [3.05, 3.63) is 38.3 Å². The maximum atomic E-state index is 13.6. The molecule has 38 heavy (non-hydrogen) atoms. The predicted octanol–water partition coefficient (Wildman–Crippen LogP) is 3.27. The zero-order valence-electron chi connectivity index (χ0n) is 21.4. The summed E-state index contributed by atoms with van der Waals surface area (Å²) in [5.41, 5.74) is 0.992. The van der Waals surface area contributed by atoms with Gasteiger partial charge >= 0.3 is 10.8 Å². The van der Waals surface area contributed by atoms with Gasteiger partial charge in [-0.1, -0.05) is 30.7 Å². The molecule has 0 spiro atoms. The highest BCUT2D eigenvalue weighted by Gasteiger charge is 2.69. The standard InChI is InChI=1S/C27H30N2O7S2/c1-4-5-8-36-17(30)11-29-25(31)20-13-10-14(21(20)26(29)32)22-19(13)18(23-24(37-22)28-27(33)38-23)12-6-7-15(34-2)16(9-12)35-3/h6-7,9,13-14,18-22H,4-5,8,10-11H2,1-3H3,(H,28,33). The van der Waals surface area contributed by atoms with Crippen LogP contribution in [0.2, 0.25) is 0 Å². The Labute approximate surface area is 228 Å². The van der Waals surface area contributed by atoms with Crippen molar-refractivity contribution in [2.75, 3.05) is 27.4 Å². The van der Waals surface area contributed by atoms with E-state index in [1.54, 1.807) is 26.0 Å². The molecule has 11 heteroatoms. The number of carbonyl (C=O) groups is 3. The summed E-state index contributed by atoms with van der Waals surface area (Å²) in [6.45, 7) is 1.97. The van der Waals surface area contributed by atoms with Crippen molar-refractivity contribution >= 4 is 40.9 Å². The molecule has 3 fully saturated rings. The van der Waals surface area contributed by atoms with Gasteiger partial charge in [0.05, 0.1) is 37.7 Å². The van der Waals surface area contributed by atoms with Crippen LogP contribution in [0.25, 0.3) is 0 Å². The number of hydrogen-bond acceptors (Lipinski definition) is 9. The zero-order chi connectivity index (χ0) is 26.7. The monoisotopic (exact) mass is 558 g/mol. The highest BCUT2D eigenvalue weighted by molar-refractivity contribution is 8.00. The molecule has 1 saturated heterocycles. The minimum Gasteiger partial charge on any atom is -0.493 e.